The van der Waals surface area contributed by atoms with Gasteiger partial charge in [0.1, 0.15) is 0 Å². The Balaban J connectivity index is 1.98. The molecule has 94 valence electrons. The molecule has 0 saturated heterocycles. The predicted octanol–water partition coefficient (Wildman–Crippen LogP) is 3.61. The van der Waals surface area contributed by atoms with Crippen LogP contribution in [0.2, 0.25) is 0 Å². The average Bonchev–Trinajstić information content (AvgIpc) is 2.86. The van der Waals surface area contributed by atoms with Crippen LogP contribution in [0, 0.1) is 26.9 Å². The minimum atomic E-state index is -0.391. The summed E-state index contributed by atoms with van der Waals surface area (Å²) in [5.41, 5.74) is 1.04. The summed E-state index contributed by atoms with van der Waals surface area (Å²) >= 11 is 0. The molecule has 1 aliphatic rings. The first-order valence-electron chi connectivity index (χ1n) is 6.30. The van der Waals surface area contributed by atoms with Crippen molar-refractivity contribution >= 4 is 5.69 Å². The normalized spacial score (nSPS) is 17.3. The standard InChI is InChI=1S/C14H16N2O2/c15-11-14(8-1-2-9-14)10-7-12-3-5-13(6-4-12)16(17)18/h3-6H,1-2,7-10H2. The third-order valence-corrected chi connectivity index (χ3v) is 3.84. The molecule has 0 aromatic heterocycles. The van der Waals surface area contributed by atoms with Gasteiger partial charge in [-0.05, 0) is 31.2 Å². The van der Waals surface area contributed by atoms with E-state index in [0.717, 1.165) is 44.1 Å². The summed E-state index contributed by atoms with van der Waals surface area (Å²) in [4.78, 5) is 10.1. The van der Waals surface area contributed by atoms with E-state index >= 15 is 0 Å². The summed E-state index contributed by atoms with van der Waals surface area (Å²) in [5, 5.41) is 19.8. The van der Waals surface area contributed by atoms with Crippen molar-refractivity contribution in [2.24, 2.45) is 5.41 Å². The second-order valence-corrected chi connectivity index (χ2v) is 5.02. The Labute approximate surface area is 106 Å². The summed E-state index contributed by atoms with van der Waals surface area (Å²) in [6, 6.07) is 9.11. The highest BCUT2D eigenvalue weighted by atomic mass is 16.6. The lowest BCUT2D eigenvalue weighted by atomic mass is 9.82. The van der Waals surface area contributed by atoms with Gasteiger partial charge >= 0.3 is 0 Å². The van der Waals surface area contributed by atoms with Crippen LogP contribution in [0.15, 0.2) is 24.3 Å². The Morgan fingerprint density at radius 1 is 1.28 bits per heavy atom. The Hall–Kier alpha value is -1.89. The molecule has 0 N–H and O–H groups in total. The zero-order valence-electron chi connectivity index (χ0n) is 10.3. The molecular weight excluding hydrogens is 228 g/mol. The lowest BCUT2D eigenvalue weighted by Gasteiger charge is -2.19. The maximum Gasteiger partial charge on any atom is 0.269 e. The van der Waals surface area contributed by atoms with Crippen molar-refractivity contribution in [3.63, 3.8) is 0 Å². The number of nitro groups is 1. The number of nitro benzene ring substituents is 1. The fourth-order valence-electron chi connectivity index (χ4n) is 2.64. The summed E-state index contributed by atoms with van der Waals surface area (Å²) in [6.07, 6.45) is 5.97. The van der Waals surface area contributed by atoms with Crippen molar-refractivity contribution in [1.29, 1.82) is 5.26 Å². The summed E-state index contributed by atoms with van der Waals surface area (Å²) in [7, 11) is 0. The molecule has 0 aliphatic heterocycles. The molecule has 18 heavy (non-hydrogen) atoms. The minimum absolute atomic E-state index is 0.120. The lowest BCUT2D eigenvalue weighted by Crippen LogP contribution is -2.14. The number of aryl methyl sites for hydroxylation is 1. The lowest BCUT2D eigenvalue weighted by molar-refractivity contribution is -0.384. The second-order valence-electron chi connectivity index (χ2n) is 5.02. The number of benzene rings is 1. The molecule has 0 radical (unpaired) electrons. The Morgan fingerprint density at radius 3 is 2.39 bits per heavy atom. The van der Waals surface area contributed by atoms with E-state index in [2.05, 4.69) is 6.07 Å². The van der Waals surface area contributed by atoms with Gasteiger partial charge in [-0.3, -0.25) is 10.1 Å². The number of hydrogen-bond acceptors (Lipinski definition) is 3. The van der Waals surface area contributed by atoms with E-state index in [1.807, 2.05) is 0 Å². The number of nitriles is 1. The smallest absolute Gasteiger partial charge is 0.258 e. The van der Waals surface area contributed by atoms with E-state index in [4.69, 9.17) is 0 Å². The maximum atomic E-state index is 10.5. The average molecular weight is 244 g/mol. The Kier molecular flexibility index (Phi) is 3.61. The second kappa shape index (κ2) is 5.18. The summed E-state index contributed by atoms with van der Waals surface area (Å²) in [5.74, 6) is 0. The van der Waals surface area contributed by atoms with E-state index < -0.39 is 4.92 Å². The molecule has 0 atom stereocenters. The highest BCUT2D eigenvalue weighted by Gasteiger charge is 2.33. The predicted molar refractivity (Wildman–Crippen MR) is 67.9 cm³/mol. The van der Waals surface area contributed by atoms with E-state index in [1.165, 1.54) is 12.1 Å². The molecule has 1 aromatic carbocycles. The largest absolute Gasteiger partial charge is 0.269 e. The van der Waals surface area contributed by atoms with Crippen LogP contribution in [0.25, 0.3) is 0 Å². The van der Waals surface area contributed by atoms with Crippen molar-refractivity contribution in [3.05, 3.63) is 39.9 Å². The van der Waals surface area contributed by atoms with Crippen LogP contribution in [-0.4, -0.2) is 4.92 Å². The van der Waals surface area contributed by atoms with Crippen LogP contribution in [0.5, 0.6) is 0 Å². The highest BCUT2D eigenvalue weighted by molar-refractivity contribution is 5.33. The maximum absolute atomic E-state index is 10.5. The molecule has 0 spiro atoms. The van der Waals surface area contributed by atoms with Crippen LogP contribution in [0.1, 0.15) is 37.7 Å². The number of non-ortho nitro benzene ring substituents is 1. The van der Waals surface area contributed by atoms with Crippen molar-refractivity contribution < 1.29 is 4.92 Å². The molecule has 0 unspecified atom stereocenters. The van der Waals surface area contributed by atoms with Gasteiger partial charge < -0.3 is 0 Å². The minimum Gasteiger partial charge on any atom is -0.258 e. The fraction of sp³-hybridized carbons (Fsp3) is 0.500. The molecular formula is C14H16N2O2. The monoisotopic (exact) mass is 244 g/mol. The van der Waals surface area contributed by atoms with Gasteiger partial charge in [0, 0.05) is 12.1 Å². The number of rotatable bonds is 4. The van der Waals surface area contributed by atoms with Crippen LogP contribution in [0.4, 0.5) is 5.69 Å². The topological polar surface area (TPSA) is 66.9 Å². The zero-order valence-corrected chi connectivity index (χ0v) is 10.3. The first-order valence-corrected chi connectivity index (χ1v) is 6.30. The quantitative estimate of drug-likeness (QED) is 0.600. The first kappa shape index (κ1) is 12.6. The highest BCUT2D eigenvalue weighted by Crippen LogP contribution is 2.41. The van der Waals surface area contributed by atoms with Gasteiger partial charge in [-0.15, -0.1) is 0 Å². The van der Waals surface area contributed by atoms with E-state index in [1.54, 1.807) is 12.1 Å². The van der Waals surface area contributed by atoms with Crippen molar-refractivity contribution in [3.8, 4) is 6.07 Å². The summed E-state index contributed by atoms with van der Waals surface area (Å²) in [6.45, 7) is 0. The van der Waals surface area contributed by atoms with Gasteiger partial charge in [0.2, 0.25) is 0 Å². The number of nitrogens with zero attached hydrogens (tertiary/aromatic N) is 2. The molecule has 1 aromatic rings. The van der Waals surface area contributed by atoms with Crippen molar-refractivity contribution in [1.82, 2.24) is 0 Å². The summed E-state index contributed by atoms with van der Waals surface area (Å²) < 4.78 is 0. The first-order chi connectivity index (χ1) is 8.65. The Bertz CT molecular complexity index is 468. The molecule has 4 nitrogen and oxygen atoms in total. The van der Waals surface area contributed by atoms with E-state index in [9.17, 15) is 15.4 Å². The molecule has 0 amide bonds. The van der Waals surface area contributed by atoms with Crippen molar-refractivity contribution in [2.45, 2.75) is 38.5 Å². The Morgan fingerprint density at radius 2 is 1.89 bits per heavy atom. The van der Waals surface area contributed by atoms with E-state index in [-0.39, 0.29) is 11.1 Å². The van der Waals surface area contributed by atoms with Gasteiger partial charge in [-0.25, -0.2) is 0 Å². The van der Waals surface area contributed by atoms with Crippen LogP contribution < -0.4 is 0 Å². The zero-order chi connectivity index (χ0) is 13.0. The third-order valence-electron chi connectivity index (χ3n) is 3.84. The molecule has 0 bridgehead atoms. The van der Waals surface area contributed by atoms with Gasteiger partial charge in [-0.1, -0.05) is 25.0 Å². The SMILES string of the molecule is N#CC1(CCc2ccc([N+](=O)[O-])cc2)CCCC1. The van der Waals surface area contributed by atoms with Crippen molar-refractivity contribution in [2.75, 3.05) is 0 Å². The molecule has 1 saturated carbocycles. The van der Waals surface area contributed by atoms with E-state index in [0.29, 0.717) is 0 Å². The van der Waals surface area contributed by atoms with Crippen LogP contribution in [-0.2, 0) is 6.42 Å². The third kappa shape index (κ3) is 2.67. The molecule has 0 heterocycles. The number of hydrogen-bond donors (Lipinski definition) is 0. The molecule has 4 heteroatoms. The van der Waals surface area contributed by atoms with Gasteiger partial charge in [-0.2, -0.15) is 5.26 Å². The fourth-order valence-corrected chi connectivity index (χ4v) is 2.64. The van der Waals surface area contributed by atoms with Gasteiger partial charge in [0.15, 0.2) is 0 Å². The molecule has 1 aliphatic carbocycles. The molecule has 1 fully saturated rings. The molecule has 2 rings (SSSR count). The van der Waals surface area contributed by atoms with Crippen LogP contribution in [0.3, 0.4) is 0 Å². The van der Waals surface area contributed by atoms with Gasteiger partial charge in [0.25, 0.3) is 5.69 Å². The van der Waals surface area contributed by atoms with Gasteiger partial charge in [0.05, 0.1) is 16.4 Å². The van der Waals surface area contributed by atoms with Crippen LogP contribution >= 0.6 is 0 Å².